The second-order valence-corrected chi connectivity index (χ2v) is 4.52. The van der Waals surface area contributed by atoms with Gasteiger partial charge in [-0.15, -0.1) is 0 Å². The Morgan fingerprint density at radius 3 is 2.94 bits per heavy atom. The van der Waals surface area contributed by atoms with E-state index in [4.69, 9.17) is 4.74 Å². The van der Waals surface area contributed by atoms with Gasteiger partial charge in [-0.3, -0.25) is 4.90 Å². The molecule has 1 fully saturated rings. The van der Waals surface area contributed by atoms with Gasteiger partial charge < -0.3 is 4.74 Å². The van der Waals surface area contributed by atoms with E-state index < -0.39 is 0 Å². The lowest BCUT2D eigenvalue weighted by atomic mass is 10.1. The van der Waals surface area contributed by atoms with Crippen LogP contribution in [0.4, 0.5) is 0 Å². The van der Waals surface area contributed by atoms with Gasteiger partial charge in [0.25, 0.3) is 0 Å². The monoisotopic (exact) mass is 225 g/mol. The molecule has 0 aliphatic carbocycles. The van der Waals surface area contributed by atoms with Crippen molar-refractivity contribution in [1.82, 2.24) is 4.90 Å². The molecule has 16 heavy (non-hydrogen) atoms. The van der Waals surface area contributed by atoms with E-state index in [0.29, 0.717) is 18.7 Å². The van der Waals surface area contributed by atoms with Crippen LogP contribution in [0.15, 0.2) is 12.2 Å². The first-order valence-corrected chi connectivity index (χ1v) is 6.24. The maximum Gasteiger partial charge on any atom is 0.330 e. The Hall–Kier alpha value is -0.830. The topological polar surface area (TPSA) is 29.5 Å². The van der Waals surface area contributed by atoms with Crippen LogP contribution in [0.1, 0.15) is 40.0 Å². The summed E-state index contributed by atoms with van der Waals surface area (Å²) in [6, 6.07) is 1.20. The molecule has 0 aromatic heterocycles. The average Bonchev–Trinajstić information content (AvgIpc) is 2.66. The number of ether oxygens (including phenoxy) is 1. The number of carbonyl (C=O) groups excluding carboxylic acids is 1. The second-order valence-electron chi connectivity index (χ2n) is 4.52. The number of hydrogen-bond acceptors (Lipinski definition) is 3. The molecular weight excluding hydrogens is 202 g/mol. The Balaban J connectivity index is 2.34. The van der Waals surface area contributed by atoms with Gasteiger partial charge in [0.05, 0.1) is 6.61 Å². The van der Waals surface area contributed by atoms with Crippen LogP contribution < -0.4 is 0 Å². The van der Waals surface area contributed by atoms with Crippen LogP contribution in [0.3, 0.4) is 0 Å². The minimum Gasteiger partial charge on any atom is -0.463 e. The molecule has 3 nitrogen and oxygen atoms in total. The molecule has 92 valence electrons. The first kappa shape index (κ1) is 13.2. The van der Waals surface area contributed by atoms with E-state index >= 15 is 0 Å². The largest absolute Gasteiger partial charge is 0.463 e. The van der Waals surface area contributed by atoms with Crippen molar-refractivity contribution in [2.45, 2.75) is 52.1 Å². The molecule has 1 aliphatic heterocycles. The fourth-order valence-corrected chi connectivity index (χ4v) is 2.30. The molecule has 0 saturated carbocycles. The number of hydrogen-bond donors (Lipinski definition) is 0. The van der Waals surface area contributed by atoms with E-state index in [-0.39, 0.29) is 5.97 Å². The standard InChI is InChI=1S/C13H23NO2/c1-4-16-13(15)9-5-7-12-8-6-10-14(12)11(2)3/h5,9,11-12H,4,6-8,10H2,1-3H3/b9-5+. The first-order chi connectivity index (χ1) is 7.65. The molecule has 0 bridgehead atoms. The van der Waals surface area contributed by atoms with Crippen molar-refractivity contribution >= 4 is 5.97 Å². The molecule has 0 aromatic carbocycles. The number of nitrogens with zero attached hydrogens (tertiary/aromatic N) is 1. The SMILES string of the molecule is CCOC(=O)/C=C/CC1CCCN1C(C)C. The summed E-state index contributed by atoms with van der Waals surface area (Å²) in [4.78, 5) is 13.6. The Kier molecular flexibility index (Phi) is 5.53. The van der Waals surface area contributed by atoms with Crippen molar-refractivity contribution < 1.29 is 9.53 Å². The van der Waals surface area contributed by atoms with E-state index in [9.17, 15) is 4.79 Å². The maximum absolute atomic E-state index is 11.1. The summed E-state index contributed by atoms with van der Waals surface area (Å²) in [6.45, 7) is 7.92. The molecule has 1 rings (SSSR count). The Labute approximate surface area is 98.5 Å². The fraction of sp³-hybridized carbons (Fsp3) is 0.769. The van der Waals surface area contributed by atoms with Gasteiger partial charge in [-0.1, -0.05) is 6.08 Å². The lowest BCUT2D eigenvalue weighted by molar-refractivity contribution is -0.137. The number of carbonyl (C=O) groups is 1. The average molecular weight is 225 g/mol. The predicted octanol–water partition coefficient (Wildman–Crippen LogP) is 2.37. The summed E-state index contributed by atoms with van der Waals surface area (Å²) < 4.78 is 4.84. The number of likely N-dealkylation sites (tertiary alicyclic amines) is 1. The molecule has 0 radical (unpaired) electrons. The van der Waals surface area contributed by atoms with E-state index in [2.05, 4.69) is 18.7 Å². The normalized spacial score (nSPS) is 22.1. The zero-order valence-corrected chi connectivity index (χ0v) is 10.6. The van der Waals surface area contributed by atoms with Crippen LogP contribution in [-0.2, 0) is 9.53 Å². The van der Waals surface area contributed by atoms with Gasteiger partial charge in [-0.2, -0.15) is 0 Å². The molecule has 1 atom stereocenters. The Morgan fingerprint density at radius 2 is 2.31 bits per heavy atom. The van der Waals surface area contributed by atoms with E-state index in [0.717, 1.165) is 6.42 Å². The van der Waals surface area contributed by atoms with Crippen molar-refractivity contribution in [2.75, 3.05) is 13.2 Å². The van der Waals surface area contributed by atoms with Crippen molar-refractivity contribution in [2.24, 2.45) is 0 Å². The highest BCUT2D eigenvalue weighted by atomic mass is 16.5. The van der Waals surface area contributed by atoms with Crippen LogP contribution in [-0.4, -0.2) is 36.1 Å². The third-order valence-corrected chi connectivity index (χ3v) is 3.03. The van der Waals surface area contributed by atoms with Crippen molar-refractivity contribution in [3.63, 3.8) is 0 Å². The smallest absolute Gasteiger partial charge is 0.330 e. The van der Waals surface area contributed by atoms with Crippen LogP contribution in [0.5, 0.6) is 0 Å². The van der Waals surface area contributed by atoms with Gasteiger partial charge in [0.15, 0.2) is 0 Å². The van der Waals surface area contributed by atoms with Crippen LogP contribution in [0.2, 0.25) is 0 Å². The van der Waals surface area contributed by atoms with Gasteiger partial charge >= 0.3 is 5.97 Å². The van der Waals surface area contributed by atoms with Crippen LogP contribution in [0.25, 0.3) is 0 Å². The summed E-state index contributed by atoms with van der Waals surface area (Å²) in [7, 11) is 0. The third kappa shape index (κ3) is 3.97. The molecule has 1 heterocycles. The predicted molar refractivity (Wildman–Crippen MR) is 65.3 cm³/mol. The molecule has 0 amide bonds. The van der Waals surface area contributed by atoms with E-state index in [1.807, 2.05) is 13.0 Å². The van der Waals surface area contributed by atoms with Gasteiger partial charge in [-0.05, 0) is 46.6 Å². The summed E-state index contributed by atoms with van der Waals surface area (Å²) >= 11 is 0. The highest BCUT2D eigenvalue weighted by molar-refractivity contribution is 5.81. The number of rotatable bonds is 5. The van der Waals surface area contributed by atoms with Gasteiger partial charge in [-0.25, -0.2) is 4.79 Å². The van der Waals surface area contributed by atoms with Crippen molar-refractivity contribution in [3.8, 4) is 0 Å². The van der Waals surface area contributed by atoms with Gasteiger partial charge in [0.2, 0.25) is 0 Å². The first-order valence-electron chi connectivity index (χ1n) is 6.24. The lowest BCUT2D eigenvalue weighted by Gasteiger charge is -2.27. The Bertz CT molecular complexity index is 248. The lowest BCUT2D eigenvalue weighted by Crippen LogP contribution is -2.35. The summed E-state index contributed by atoms with van der Waals surface area (Å²) in [5, 5.41) is 0. The molecule has 0 aromatic rings. The van der Waals surface area contributed by atoms with Crippen molar-refractivity contribution in [1.29, 1.82) is 0 Å². The molecule has 0 spiro atoms. The highest BCUT2D eigenvalue weighted by Crippen LogP contribution is 2.22. The van der Waals surface area contributed by atoms with Crippen molar-refractivity contribution in [3.05, 3.63) is 12.2 Å². The second kappa shape index (κ2) is 6.69. The zero-order valence-electron chi connectivity index (χ0n) is 10.6. The minimum atomic E-state index is -0.225. The molecular formula is C13H23NO2. The molecule has 1 unspecified atom stereocenters. The minimum absolute atomic E-state index is 0.225. The Morgan fingerprint density at radius 1 is 1.56 bits per heavy atom. The molecule has 1 aliphatic rings. The summed E-state index contributed by atoms with van der Waals surface area (Å²) in [6.07, 6.45) is 6.97. The molecule has 0 N–H and O–H groups in total. The highest BCUT2D eigenvalue weighted by Gasteiger charge is 2.25. The zero-order chi connectivity index (χ0) is 12.0. The summed E-state index contributed by atoms with van der Waals surface area (Å²) in [5.41, 5.74) is 0. The van der Waals surface area contributed by atoms with Crippen LogP contribution in [0, 0.1) is 0 Å². The van der Waals surface area contributed by atoms with Gasteiger partial charge in [0.1, 0.15) is 0 Å². The molecule has 1 saturated heterocycles. The third-order valence-electron chi connectivity index (χ3n) is 3.03. The quantitative estimate of drug-likeness (QED) is 0.531. The fourth-order valence-electron chi connectivity index (χ4n) is 2.30. The van der Waals surface area contributed by atoms with E-state index in [1.165, 1.54) is 19.4 Å². The maximum atomic E-state index is 11.1. The van der Waals surface area contributed by atoms with Crippen LogP contribution >= 0.6 is 0 Å². The summed E-state index contributed by atoms with van der Waals surface area (Å²) in [5.74, 6) is -0.225. The molecule has 3 heteroatoms. The van der Waals surface area contributed by atoms with Gasteiger partial charge in [0, 0.05) is 18.2 Å². The number of esters is 1. The van der Waals surface area contributed by atoms with E-state index in [1.54, 1.807) is 6.08 Å².